The Bertz CT molecular complexity index is 304. The molecule has 1 amide bonds. The van der Waals surface area contributed by atoms with Gasteiger partial charge >= 0.3 is 0 Å². The first-order chi connectivity index (χ1) is 9.85. The van der Waals surface area contributed by atoms with E-state index in [0.717, 1.165) is 19.0 Å². The van der Waals surface area contributed by atoms with Crippen LogP contribution in [0, 0.1) is 17.3 Å². The molecule has 0 aliphatic heterocycles. The minimum absolute atomic E-state index is 0.178. The van der Waals surface area contributed by atoms with Crippen LogP contribution in [0.2, 0.25) is 0 Å². The quantitative estimate of drug-likeness (QED) is 0.716. The van der Waals surface area contributed by atoms with Crippen LogP contribution in [0.15, 0.2) is 0 Å². The zero-order chi connectivity index (χ0) is 15.9. The molecule has 0 heterocycles. The van der Waals surface area contributed by atoms with Crippen molar-refractivity contribution in [1.82, 2.24) is 10.6 Å². The number of hydrogen-bond donors (Lipinski definition) is 2. The Balaban J connectivity index is 2.15. The van der Waals surface area contributed by atoms with E-state index in [9.17, 15) is 4.79 Å². The summed E-state index contributed by atoms with van der Waals surface area (Å²) in [6, 6.07) is 0.617. The molecule has 3 heteroatoms. The number of carbonyl (C=O) groups is 1. The van der Waals surface area contributed by atoms with Crippen molar-refractivity contribution in [3.05, 3.63) is 0 Å². The molecule has 0 bridgehead atoms. The first-order valence-electron chi connectivity index (χ1n) is 8.85. The molecule has 0 unspecified atom stereocenters. The van der Waals surface area contributed by atoms with E-state index in [2.05, 4.69) is 45.3 Å². The highest BCUT2D eigenvalue weighted by atomic mass is 16.1. The Kier molecular flexibility index (Phi) is 7.72. The molecule has 1 aliphatic rings. The van der Waals surface area contributed by atoms with Gasteiger partial charge in [-0.1, -0.05) is 41.0 Å². The predicted octanol–water partition coefficient (Wildman–Crippen LogP) is 3.73. The molecule has 0 atom stereocenters. The lowest BCUT2D eigenvalue weighted by Crippen LogP contribution is -2.38. The maximum absolute atomic E-state index is 11.7. The van der Waals surface area contributed by atoms with Crippen molar-refractivity contribution in [2.75, 3.05) is 13.1 Å². The van der Waals surface area contributed by atoms with Crippen LogP contribution in [0.5, 0.6) is 0 Å². The second-order valence-corrected chi connectivity index (χ2v) is 7.79. The zero-order valence-electron chi connectivity index (χ0n) is 14.8. The molecule has 1 saturated carbocycles. The highest BCUT2D eigenvalue weighted by Gasteiger charge is 2.31. The fourth-order valence-corrected chi connectivity index (χ4v) is 3.16. The largest absolute Gasteiger partial charge is 0.356 e. The van der Waals surface area contributed by atoms with E-state index >= 15 is 0 Å². The van der Waals surface area contributed by atoms with Crippen LogP contribution in [-0.2, 0) is 4.79 Å². The maximum Gasteiger partial charge on any atom is 0.221 e. The summed E-state index contributed by atoms with van der Waals surface area (Å²) < 4.78 is 0. The third kappa shape index (κ3) is 6.82. The van der Waals surface area contributed by atoms with Crippen molar-refractivity contribution in [3.63, 3.8) is 0 Å². The van der Waals surface area contributed by atoms with Gasteiger partial charge in [0.05, 0.1) is 0 Å². The molecule has 0 radical (unpaired) electrons. The van der Waals surface area contributed by atoms with E-state index in [4.69, 9.17) is 0 Å². The molecule has 0 aromatic rings. The van der Waals surface area contributed by atoms with Gasteiger partial charge in [-0.2, -0.15) is 0 Å². The summed E-state index contributed by atoms with van der Waals surface area (Å²) in [7, 11) is 0. The van der Waals surface area contributed by atoms with Crippen LogP contribution in [0.3, 0.4) is 0 Å². The zero-order valence-corrected chi connectivity index (χ0v) is 14.8. The number of carbonyl (C=O) groups excluding carboxylic acids is 1. The Labute approximate surface area is 131 Å². The SMILES string of the molecule is CCC(C)(C)C1CCC(NCCC(=O)NCC(C)C)CC1. The van der Waals surface area contributed by atoms with Crippen molar-refractivity contribution >= 4 is 5.91 Å². The van der Waals surface area contributed by atoms with Gasteiger partial charge in [0.15, 0.2) is 0 Å². The maximum atomic E-state index is 11.7. The van der Waals surface area contributed by atoms with Crippen molar-refractivity contribution in [3.8, 4) is 0 Å². The standard InChI is InChI=1S/C18H36N2O/c1-6-18(4,5)15-7-9-16(10-8-15)19-12-11-17(21)20-13-14(2)3/h14-16,19H,6-13H2,1-5H3,(H,20,21). The summed E-state index contributed by atoms with van der Waals surface area (Å²) in [6.07, 6.45) is 7.07. The third-order valence-corrected chi connectivity index (χ3v) is 5.24. The van der Waals surface area contributed by atoms with E-state index in [1.54, 1.807) is 0 Å². The average molecular weight is 296 g/mol. The second-order valence-electron chi connectivity index (χ2n) is 7.79. The van der Waals surface area contributed by atoms with Gasteiger partial charge in [-0.05, 0) is 42.9 Å². The van der Waals surface area contributed by atoms with E-state index in [-0.39, 0.29) is 5.91 Å². The van der Waals surface area contributed by atoms with Crippen LogP contribution in [0.25, 0.3) is 0 Å². The molecule has 0 spiro atoms. The van der Waals surface area contributed by atoms with Gasteiger partial charge in [0, 0.05) is 25.6 Å². The van der Waals surface area contributed by atoms with Gasteiger partial charge in [0.1, 0.15) is 0 Å². The van der Waals surface area contributed by atoms with Gasteiger partial charge in [0.25, 0.3) is 0 Å². The molecule has 3 nitrogen and oxygen atoms in total. The van der Waals surface area contributed by atoms with Crippen molar-refractivity contribution < 1.29 is 4.79 Å². The minimum Gasteiger partial charge on any atom is -0.356 e. The van der Waals surface area contributed by atoms with Crippen molar-refractivity contribution in [2.24, 2.45) is 17.3 Å². The number of amides is 1. The van der Waals surface area contributed by atoms with Crippen LogP contribution in [0.1, 0.15) is 73.1 Å². The second kappa shape index (κ2) is 8.77. The van der Waals surface area contributed by atoms with Crippen LogP contribution in [-0.4, -0.2) is 25.0 Å². The summed E-state index contributed by atoms with van der Waals surface area (Å²) >= 11 is 0. The van der Waals surface area contributed by atoms with E-state index in [1.807, 2.05) is 0 Å². The lowest BCUT2D eigenvalue weighted by atomic mass is 9.69. The lowest BCUT2D eigenvalue weighted by molar-refractivity contribution is -0.121. The molecule has 0 aromatic carbocycles. The average Bonchev–Trinajstić information content (AvgIpc) is 2.45. The molecule has 1 rings (SSSR count). The highest BCUT2D eigenvalue weighted by Crippen LogP contribution is 2.40. The topological polar surface area (TPSA) is 41.1 Å². The lowest BCUT2D eigenvalue weighted by Gasteiger charge is -2.39. The molecule has 1 fully saturated rings. The summed E-state index contributed by atoms with van der Waals surface area (Å²) in [5, 5.41) is 6.54. The Morgan fingerprint density at radius 3 is 2.33 bits per heavy atom. The number of hydrogen-bond acceptors (Lipinski definition) is 2. The third-order valence-electron chi connectivity index (χ3n) is 5.24. The first kappa shape index (κ1) is 18.5. The molecule has 0 saturated heterocycles. The summed E-state index contributed by atoms with van der Waals surface area (Å²) in [5.74, 6) is 1.57. The Morgan fingerprint density at radius 2 is 1.81 bits per heavy atom. The monoisotopic (exact) mass is 296 g/mol. The van der Waals surface area contributed by atoms with Crippen LogP contribution >= 0.6 is 0 Å². The van der Waals surface area contributed by atoms with Crippen molar-refractivity contribution in [1.29, 1.82) is 0 Å². The molecular weight excluding hydrogens is 260 g/mol. The molecule has 2 N–H and O–H groups in total. The number of rotatable bonds is 8. The molecule has 1 aliphatic carbocycles. The molecule has 21 heavy (non-hydrogen) atoms. The van der Waals surface area contributed by atoms with Gasteiger partial charge in [-0.15, -0.1) is 0 Å². The Morgan fingerprint density at radius 1 is 1.19 bits per heavy atom. The van der Waals surface area contributed by atoms with E-state index < -0.39 is 0 Å². The molecular formula is C18H36N2O. The number of nitrogens with one attached hydrogen (secondary N) is 2. The summed E-state index contributed by atoms with van der Waals surface area (Å²) in [5.41, 5.74) is 0.488. The molecule has 0 aromatic heterocycles. The predicted molar refractivity (Wildman–Crippen MR) is 90.3 cm³/mol. The minimum atomic E-state index is 0.178. The van der Waals surface area contributed by atoms with Crippen LogP contribution < -0.4 is 10.6 Å². The van der Waals surface area contributed by atoms with E-state index in [1.165, 1.54) is 32.1 Å². The van der Waals surface area contributed by atoms with Crippen LogP contribution in [0.4, 0.5) is 0 Å². The van der Waals surface area contributed by atoms with Gasteiger partial charge in [0.2, 0.25) is 5.91 Å². The highest BCUT2D eigenvalue weighted by molar-refractivity contribution is 5.76. The van der Waals surface area contributed by atoms with E-state index in [0.29, 0.717) is 23.8 Å². The molecule has 124 valence electrons. The van der Waals surface area contributed by atoms with Gasteiger partial charge in [-0.25, -0.2) is 0 Å². The summed E-state index contributed by atoms with van der Waals surface area (Å²) in [6.45, 7) is 13.0. The fourth-order valence-electron chi connectivity index (χ4n) is 3.16. The normalized spacial score (nSPS) is 23.3. The van der Waals surface area contributed by atoms with Gasteiger partial charge < -0.3 is 10.6 Å². The first-order valence-corrected chi connectivity index (χ1v) is 8.85. The fraction of sp³-hybridized carbons (Fsp3) is 0.944. The smallest absolute Gasteiger partial charge is 0.221 e. The summed E-state index contributed by atoms with van der Waals surface area (Å²) in [4.78, 5) is 11.7. The van der Waals surface area contributed by atoms with Crippen molar-refractivity contribution in [2.45, 2.75) is 79.2 Å². The Hall–Kier alpha value is -0.570. The van der Waals surface area contributed by atoms with Gasteiger partial charge in [-0.3, -0.25) is 4.79 Å².